The monoisotopic (exact) mass is 383 g/mol. The van der Waals surface area contributed by atoms with Crippen molar-refractivity contribution >= 4 is 11.0 Å². The Bertz CT molecular complexity index is 1060. The molecule has 2 heterocycles. The van der Waals surface area contributed by atoms with E-state index in [1.54, 1.807) is 24.3 Å². The molecule has 3 N–H and O–H groups in total. The second-order valence-corrected chi connectivity index (χ2v) is 7.10. The van der Waals surface area contributed by atoms with E-state index in [1.165, 1.54) is 0 Å². The van der Waals surface area contributed by atoms with E-state index in [0.29, 0.717) is 30.8 Å². The molecule has 3 aromatic rings. The highest BCUT2D eigenvalue weighted by Crippen LogP contribution is 2.42. The number of β-amino-alcohol motifs (C(OH)–C–C–N with tert-alkyl or cyclic N) is 1. The maximum atomic E-state index is 12.6. The molecule has 1 aliphatic rings. The number of aliphatic hydroxyl groups is 1. The highest BCUT2D eigenvalue weighted by Gasteiger charge is 2.33. The molecule has 7 heteroatoms. The van der Waals surface area contributed by atoms with Crippen molar-refractivity contribution in [2.45, 2.75) is 18.4 Å². The number of nitrogens with zero attached hydrogens (tertiary/aromatic N) is 1. The molecular formula is C21H21NO6. The van der Waals surface area contributed by atoms with Gasteiger partial charge in [-0.15, -0.1) is 0 Å². The van der Waals surface area contributed by atoms with Gasteiger partial charge >= 0.3 is 0 Å². The minimum atomic E-state index is -0.749. The van der Waals surface area contributed by atoms with Crippen LogP contribution in [0.5, 0.6) is 23.2 Å². The molecule has 0 radical (unpaired) electrons. The summed E-state index contributed by atoms with van der Waals surface area (Å²) in [5, 5.41) is 31.2. The third kappa shape index (κ3) is 3.30. The van der Waals surface area contributed by atoms with Gasteiger partial charge in [0.2, 0.25) is 0 Å². The highest BCUT2D eigenvalue weighted by atomic mass is 16.6. The lowest BCUT2D eigenvalue weighted by Crippen LogP contribution is -2.40. The fourth-order valence-electron chi connectivity index (χ4n) is 3.74. The van der Waals surface area contributed by atoms with E-state index in [0.717, 1.165) is 12.1 Å². The van der Waals surface area contributed by atoms with E-state index in [9.17, 15) is 20.1 Å². The first kappa shape index (κ1) is 18.3. The molecule has 4 rings (SSSR count). The second-order valence-electron chi connectivity index (χ2n) is 7.10. The van der Waals surface area contributed by atoms with Crippen LogP contribution in [0, 0.1) is 0 Å². The van der Waals surface area contributed by atoms with Crippen molar-refractivity contribution in [2.24, 2.45) is 0 Å². The molecule has 2 atom stereocenters. The van der Waals surface area contributed by atoms with Gasteiger partial charge in [0, 0.05) is 24.1 Å². The number of ether oxygens (including phenoxy) is 1. The lowest BCUT2D eigenvalue weighted by Gasteiger charge is -2.34. The van der Waals surface area contributed by atoms with Gasteiger partial charge in [0.15, 0.2) is 11.0 Å². The van der Waals surface area contributed by atoms with Gasteiger partial charge in [-0.1, -0.05) is 18.2 Å². The predicted molar refractivity (Wildman–Crippen MR) is 103 cm³/mol. The van der Waals surface area contributed by atoms with Crippen LogP contribution in [-0.2, 0) is 0 Å². The zero-order valence-corrected chi connectivity index (χ0v) is 15.3. The van der Waals surface area contributed by atoms with Gasteiger partial charge in [0.05, 0.1) is 12.2 Å². The minimum Gasteiger partial charge on any atom is -0.507 e. The van der Waals surface area contributed by atoms with Crippen LogP contribution in [0.2, 0.25) is 0 Å². The van der Waals surface area contributed by atoms with Crippen molar-refractivity contribution in [3.05, 3.63) is 58.3 Å². The van der Waals surface area contributed by atoms with Crippen molar-refractivity contribution < 1.29 is 24.5 Å². The fourth-order valence-corrected chi connectivity index (χ4v) is 3.74. The number of phenolic OH excluding ortho intramolecular Hbond substituents is 2. The van der Waals surface area contributed by atoms with Gasteiger partial charge in [0.25, 0.3) is 5.95 Å². The Hall–Kier alpha value is -3.03. The number of aromatic hydroxyl groups is 2. The van der Waals surface area contributed by atoms with Crippen molar-refractivity contribution in [3.63, 3.8) is 0 Å². The average Bonchev–Trinajstić information content (AvgIpc) is 2.63. The maximum absolute atomic E-state index is 12.6. The Labute approximate surface area is 161 Å². The number of fused-ring (bicyclic) bond motifs is 1. The molecule has 1 saturated heterocycles. The molecule has 2 aromatic carbocycles. The van der Waals surface area contributed by atoms with Crippen LogP contribution < -0.4 is 10.2 Å². The first-order chi connectivity index (χ1) is 13.4. The summed E-state index contributed by atoms with van der Waals surface area (Å²) < 4.78 is 11.4. The highest BCUT2D eigenvalue weighted by molar-refractivity contribution is 5.88. The molecular weight excluding hydrogens is 362 g/mol. The first-order valence-electron chi connectivity index (χ1n) is 9.06. The van der Waals surface area contributed by atoms with E-state index in [2.05, 4.69) is 0 Å². The number of hydrogen-bond acceptors (Lipinski definition) is 7. The SMILES string of the molecule is CN1CCC(c2c(O)cc(O)c3c(=O)cc(Oc4ccccc4)oc23)C(O)C1. The van der Waals surface area contributed by atoms with Gasteiger partial charge in [-0.3, -0.25) is 4.79 Å². The third-order valence-corrected chi connectivity index (χ3v) is 5.09. The van der Waals surface area contributed by atoms with Crippen molar-refractivity contribution in [1.82, 2.24) is 4.90 Å². The second kappa shape index (κ2) is 7.18. The zero-order valence-electron chi connectivity index (χ0n) is 15.3. The standard InChI is InChI=1S/C21H21NO6/c1-22-8-7-13(17(26)11-22)19-14(23)9-15(24)20-16(25)10-18(28-21(19)20)27-12-5-3-2-4-6-12/h2-6,9-10,13,17,23-24,26H,7-8,11H2,1H3. The number of benzene rings is 2. The molecule has 0 amide bonds. The van der Waals surface area contributed by atoms with Gasteiger partial charge < -0.3 is 29.4 Å². The minimum absolute atomic E-state index is 0.0320. The van der Waals surface area contributed by atoms with Crippen molar-refractivity contribution in [3.8, 4) is 23.2 Å². The molecule has 0 bridgehead atoms. The number of rotatable bonds is 3. The maximum Gasteiger partial charge on any atom is 0.294 e. The summed E-state index contributed by atoms with van der Waals surface area (Å²) >= 11 is 0. The van der Waals surface area contributed by atoms with Crippen LogP contribution in [0.4, 0.5) is 0 Å². The molecule has 0 aliphatic carbocycles. The van der Waals surface area contributed by atoms with E-state index < -0.39 is 17.5 Å². The van der Waals surface area contributed by atoms with E-state index in [-0.39, 0.29) is 28.4 Å². The van der Waals surface area contributed by atoms with Crippen molar-refractivity contribution in [2.75, 3.05) is 20.1 Å². The largest absolute Gasteiger partial charge is 0.507 e. The quantitative estimate of drug-likeness (QED) is 0.639. The number of piperidine rings is 1. The lowest BCUT2D eigenvalue weighted by molar-refractivity contribution is 0.0630. The number of likely N-dealkylation sites (N-methyl/N-ethyl adjacent to an activating group) is 1. The average molecular weight is 383 g/mol. The first-order valence-corrected chi connectivity index (χ1v) is 9.06. The van der Waals surface area contributed by atoms with Crippen LogP contribution in [-0.4, -0.2) is 46.5 Å². The summed E-state index contributed by atoms with van der Waals surface area (Å²) in [6.07, 6.45) is -0.181. The Morgan fingerprint density at radius 3 is 2.61 bits per heavy atom. The van der Waals surface area contributed by atoms with Gasteiger partial charge in [-0.05, 0) is 32.1 Å². The van der Waals surface area contributed by atoms with E-state index >= 15 is 0 Å². The Balaban J connectivity index is 1.88. The predicted octanol–water partition coefficient (Wildman–Crippen LogP) is 2.78. The summed E-state index contributed by atoms with van der Waals surface area (Å²) in [6, 6.07) is 11.1. The third-order valence-electron chi connectivity index (χ3n) is 5.09. The lowest BCUT2D eigenvalue weighted by atomic mass is 9.85. The number of phenols is 2. The van der Waals surface area contributed by atoms with Crippen LogP contribution in [0.3, 0.4) is 0 Å². The smallest absolute Gasteiger partial charge is 0.294 e. The molecule has 1 fully saturated rings. The molecule has 1 aromatic heterocycles. The number of likely N-dealkylation sites (tertiary alicyclic amines) is 1. The Kier molecular flexibility index (Phi) is 4.70. The van der Waals surface area contributed by atoms with Crippen LogP contribution in [0.1, 0.15) is 17.9 Å². The summed E-state index contributed by atoms with van der Waals surface area (Å²) in [5.41, 5.74) is -0.151. The summed E-state index contributed by atoms with van der Waals surface area (Å²) in [4.78, 5) is 14.6. The molecule has 0 spiro atoms. The van der Waals surface area contributed by atoms with Gasteiger partial charge in [-0.25, -0.2) is 0 Å². The van der Waals surface area contributed by atoms with Crippen LogP contribution in [0.15, 0.2) is 51.7 Å². The molecule has 7 nitrogen and oxygen atoms in total. The van der Waals surface area contributed by atoms with E-state index in [4.69, 9.17) is 9.15 Å². The van der Waals surface area contributed by atoms with Crippen LogP contribution in [0.25, 0.3) is 11.0 Å². The fraction of sp³-hybridized carbons (Fsp3) is 0.286. The Morgan fingerprint density at radius 2 is 1.89 bits per heavy atom. The van der Waals surface area contributed by atoms with Crippen LogP contribution >= 0.6 is 0 Å². The topological polar surface area (TPSA) is 103 Å². The van der Waals surface area contributed by atoms with E-state index in [1.807, 2.05) is 18.0 Å². The number of aliphatic hydroxyl groups excluding tert-OH is 1. The molecule has 1 aliphatic heterocycles. The molecule has 0 saturated carbocycles. The number of para-hydroxylation sites is 1. The Morgan fingerprint density at radius 1 is 1.14 bits per heavy atom. The molecule has 2 unspecified atom stereocenters. The van der Waals surface area contributed by atoms with Gasteiger partial charge in [-0.2, -0.15) is 0 Å². The molecule has 146 valence electrons. The zero-order chi connectivity index (χ0) is 19.8. The van der Waals surface area contributed by atoms with Gasteiger partial charge in [0.1, 0.15) is 22.6 Å². The van der Waals surface area contributed by atoms with Crippen molar-refractivity contribution in [1.29, 1.82) is 0 Å². The molecule has 28 heavy (non-hydrogen) atoms. The number of hydrogen-bond donors (Lipinski definition) is 3. The summed E-state index contributed by atoms with van der Waals surface area (Å²) in [6.45, 7) is 1.14. The normalized spacial score (nSPS) is 20.4. The summed E-state index contributed by atoms with van der Waals surface area (Å²) in [7, 11) is 1.90. The summed E-state index contributed by atoms with van der Waals surface area (Å²) in [5.74, 6) is -0.612.